The molecule has 7 nitrogen and oxygen atoms in total. The third-order valence-corrected chi connectivity index (χ3v) is 8.19. The van der Waals surface area contributed by atoms with Gasteiger partial charge in [0.15, 0.2) is 6.29 Å². The van der Waals surface area contributed by atoms with Gasteiger partial charge in [-0.05, 0) is 58.6 Å². The van der Waals surface area contributed by atoms with Gasteiger partial charge < -0.3 is 19.1 Å². The fourth-order valence-corrected chi connectivity index (χ4v) is 6.37. The molecule has 0 saturated carbocycles. The molecule has 0 amide bonds. The summed E-state index contributed by atoms with van der Waals surface area (Å²) in [7, 11) is -3.90. The van der Waals surface area contributed by atoms with Crippen molar-refractivity contribution in [3.63, 3.8) is 0 Å². The number of alkyl halides is 3. The van der Waals surface area contributed by atoms with Gasteiger partial charge in [-0.1, -0.05) is 24.3 Å². The number of carbonyl (C=O) groups is 1. The smallest absolute Gasteiger partial charge is 0.414 e. The Balaban J connectivity index is 2.24. The van der Waals surface area contributed by atoms with E-state index in [1.54, 1.807) is 44.2 Å². The molecule has 0 aliphatic carbocycles. The summed E-state index contributed by atoms with van der Waals surface area (Å²) in [6, 6.07) is 6.49. The van der Waals surface area contributed by atoms with Crippen molar-refractivity contribution in [1.82, 2.24) is 4.67 Å². The van der Waals surface area contributed by atoms with Crippen LogP contribution in [0.15, 0.2) is 42.0 Å². The van der Waals surface area contributed by atoms with Crippen molar-refractivity contribution in [2.24, 2.45) is 0 Å². The molecule has 0 radical (unpaired) electrons. The van der Waals surface area contributed by atoms with Crippen molar-refractivity contribution in [1.29, 1.82) is 0 Å². The molecule has 1 saturated heterocycles. The Morgan fingerprint density at radius 3 is 2.47 bits per heavy atom. The van der Waals surface area contributed by atoms with Crippen molar-refractivity contribution in [3.8, 4) is 5.75 Å². The third-order valence-electron chi connectivity index (χ3n) is 5.36. The van der Waals surface area contributed by atoms with E-state index in [9.17, 15) is 27.6 Å². The monoisotopic (exact) mass is 507 g/mol. The van der Waals surface area contributed by atoms with Crippen LogP contribution in [0.3, 0.4) is 0 Å². The number of ether oxygens (including phenoxy) is 2. The number of allylic oxidation sites excluding steroid dienone is 1. The highest BCUT2D eigenvalue weighted by molar-refractivity contribution is 7.57. The van der Waals surface area contributed by atoms with Crippen LogP contribution < -0.4 is 4.52 Å². The van der Waals surface area contributed by atoms with Crippen LogP contribution in [0.4, 0.5) is 13.2 Å². The topological polar surface area (TPSA) is 85.3 Å². The zero-order valence-electron chi connectivity index (χ0n) is 19.7. The molecule has 34 heavy (non-hydrogen) atoms. The molecule has 1 aromatic carbocycles. The standard InChI is InChI=1S/C23H33F3NO6P/c1-17(2)27(18(3)22(28)29)34(30,33-20-11-5-4-6-12-20)15-9-10-19(23(24,25)26)16-32-21-13-7-8-14-31-21/h4-6,10-12,17-18,21H,7-9,13-16H2,1-3H3,(H,28,29)/b19-10-/t18-,21?,34?/m0/s1. The van der Waals surface area contributed by atoms with E-state index in [1.165, 1.54) is 11.6 Å². The Labute approximate surface area is 198 Å². The van der Waals surface area contributed by atoms with Gasteiger partial charge in [-0.15, -0.1) is 0 Å². The van der Waals surface area contributed by atoms with E-state index in [4.69, 9.17) is 14.0 Å². The summed E-state index contributed by atoms with van der Waals surface area (Å²) in [4.78, 5) is 11.7. The first-order valence-corrected chi connectivity index (χ1v) is 13.0. The molecule has 2 unspecified atom stereocenters. The highest BCUT2D eigenvalue weighted by Gasteiger charge is 2.41. The average Bonchev–Trinajstić information content (AvgIpc) is 2.76. The quantitative estimate of drug-likeness (QED) is 0.280. The second-order valence-corrected chi connectivity index (χ2v) is 10.7. The number of hydrogen-bond donors (Lipinski definition) is 1. The van der Waals surface area contributed by atoms with Crippen LogP contribution in [0.1, 0.15) is 46.5 Å². The predicted octanol–water partition coefficient (Wildman–Crippen LogP) is 5.86. The minimum absolute atomic E-state index is 0.242. The zero-order chi connectivity index (χ0) is 25.4. The van der Waals surface area contributed by atoms with E-state index in [-0.39, 0.29) is 18.3 Å². The molecule has 1 aliphatic heterocycles. The summed E-state index contributed by atoms with van der Waals surface area (Å²) < 4.78 is 72.4. The fourth-order valence-electron chi connectivity index (χ4n) is 3.71. The summed E-state index contributed by atoms with van der Waals surface area (Å²) in [6.45, 7) is 4.46. The fraction of sp³-hybridized carbons (Fsp3) is 0.609. The number of para-hydroxylation sites is 1. The molecule has 1 aliphatic rings. The Hall–Kier alpha value is -1.87. The zero-order valence-corrected chi connectivity index (χ0v) is 20.6. The Kier molecular flexibility index (Phi) is 10.6. The van der Waals surface area contributed by atoms with Crippen LogP contribution in [0.5, 0.6) is 5.75 Å². The van der Waals surface area contributed by atoms with E-state index in [0.29, 0.717) is 13.0 Å². The molecule has 192 valence electrons. The molecule has 1 heterocycles. The molecule has 0 spiro atoms. The van der Waals surface area contributed by atoms with Crippen molar-refractivity contribution < 1.29 is 41.6 Å². The van der Waals surface area contributed by atoms with E-state index in [0.717, 1.165) is 18.9 Å². The van der Waals surface area contributed by atoms with E-state index in [1.807, 2.05) is 0 Å². The molecule has 2 rings (SSSR count). The van der Waals surface area contributed by atoms with E-state index in [2.05, 4.69) is 0 Å². The first-order valence-electron chi connectivity index (χ1n) is 11.3. The first-order chi connectivity index (χ1) is 15.9. The van der Waals surface area contributed by atoms with Gasteiger partial charge in [-0.3, -0.25) is 9.36 Å². The maximum atomic E-state index is 14.0. The molecule has 1 fully saturated rings. The summed E-state index contributed by atoms with van der Waals surface area (Å²) in [5.41, 5.74) is -0.907. The molecule has 1 aromatic rings. The first kappa shape index (κ1) is 28.4. The van der Waals surface area contributed by atoms with Crippen molar-refractivity contribution in [3.05, 3.63) is 42.0 Å². The molecule has 1 N–H and O–H groups in total. The normalized spacial score (nSPS) is 20.2. The van der Waals surface area contributed by atoms with Crippen LogP contribution in [0.25, 0.3) is 0 Å². The Morgan fingerprint density at radius 2 is 1.94 bits per heavy atom. The van der Waals surface area contributed by atoms with Gasteiger partial charge in [0.25, 0.3) is 0 Å². The van der Waals surface area contributed by atoms with Crippen molar-refractivity contribution in [2.45, 2.75) is 71.0 Å². The van der Waals surface area contributed by atoms with Gasteiger partial charge >= 0.3 is 19.7 Å². The number of carboxylic acids is 1. The lowest BCUT2D eigenvalue weighted by Gasteiger charge is -2.36. The lowest BCUT2D eigenvalue weighted by molar-refractivity contribution is -0.169. The van der Waals surface area contributed by atoms with E-state index < -0.39 is 50.2 Å². The molecule has 3 atom stereocenters. The molecule has 0 bridgehead atoms. The SMILES string of the molecule is CC(C)N([C@@H](C)C(=O)O)P(=O)(CC/C=C(/COC1CCCCO1)C(F)(F)F)Oc1ccccc1. The van der Waals surface area contributed by atoms with Gasteiger partial charge in [0.1, 0.15) is 11.8 Å². The molecule has 0 aromatic heterocycles. The van der Waals surface area contributed by atoms with E-state index >= 15 is 0 Å². The highest BCUT2D eigenvalue weighted by Crippen LogP contribution is 2.54. The van der Waals surface area contributed by atoms with Gasteiger partial charge in [-0.25, -0.2) is 4.67 Å². The maximum Gasteiger partial charge on any atom is 0.414 e. The Bertz CT molecular complexity index is 856. The maximum absolute atomic E-state index is 14.0. The van der Waals surface area contributed by atoms with Gasteiger partial charge in [0, 0.05) is 12.6 Å². The molecular formula is C23H33F3NO6P. The summed E-state index contributed by atoms with van der Waals surface area (Å²) in [6.07, 6.45) is -2.73. The number of benzene rings is 1. The number of rotatable bonds is 12. The number of hydrogen-bond acceptors (Lipinski definition) is 5. The highest BCUT2D eigenvalue weighted by atomic mass is 31.2. The third kappa shape index (κ3) is 8.41. The van der Waals surface area contributed by atoms with Crippen molar-refractivity contribution >= 4 is 13.5 Å². The number of nitrogens with zero attached hydrogens (tertiary/aromatic N) is 1. The van der Waals surface area contributed by atoms with Crippen LogP contribution >= 0.6 is 7.52 Å². The number of aliphatic carboxylic acids is 1. The van der Waals surface area contributed by atoms with Gasteiger partial charge in [0.05, 0.1) is 18.3 Å². The average molecular weight is 507 g/mol. The minimum atomic E-state index is -4.63. The predicted molar refractivity (Wildman–Crippen MR) is 122 cm³/mol. The lowest BCUT2D eigenvalue weighted by atomic mass is 10.2. The van der Waals surface area contributed by atoms with Gasteiger partial charge in [0.2, 0.25) is 0 Å². The largest absolute Gasteiger partial charge is 0.480 e. The second-order valence-electron chi connectivity index (χ2n) is 8.38. The lowest BCUT2D eigenvalue weighted by Crippen LogP contribution is -2.42. The minimum Gasteiger partial charge on any atom is -0.480 e. The van der Waals surface area contributed by atoms with Crippen LogP contribution in [-0.2, 0) is 18.8 Å². The van der Waals surface area contributed by atoms with Crippen LogP contribution in [0.2, 0.25) is 0 Å². The summed E-state index contributed by atoms with van der Waals surface area (Å²) >= 11 is 0. The second kappa shape index (κ2) is 12.7. The van der Waals surface area contributed by atoms with Crippen molar-refractivity contribution in [2.75, 3.05) is 19.4 Å². The number of carboxylic acid groups (broad SMARTS) is 1. The van der Waals surface area contributed by atoms with Crippen LogP contribution in [-0.4, -0.2) is 59.7 Å². The van der Waals surface area contributed by atoms with Crippen LogP contribution in [0, 0.1) is 0 Å². The molecule has 11 heteroatoms. The molecular weight excluding hydrogens is 474 g/mol. The number of halogens is 3. The van der Waals surface area contributed by atoms with Gasteiger partial charge in [-0.2, -0.15) is 13.2 Å². The Morgan fingerprint density at radius 1 is 1.26 bits per heavy atom. The summed E-state index contributed by atoms with van der Waals surface area (Å²) in [5, 5.41) is 9.54. The summed E-state index contributed by atoms with van der Waals surface area (Å²) in [5.74, 6) is -0.968.